The zero-order valence-electron chi connectivity index (χ0n) is 19.4. The number of imidazole rings is 2. The molecule has 0 spiro atoms. The fourth-order valence-corrected chi connectivity index (χ4v) is 17.4. The molecule has 6 nitrogen and oxygen atoms in total. The van der Waals surface area contributed by atoms with Crippen molar-refractivity contribution in [1.82, 2.24) is 9.13 Å². The van der Waals surface area contributed by atoms with Gasteiger partial charge in [-0.15, -0.1) is 0 Å². The van der Waals surface area contributed by atoms with Gasteiger partial charge in [0.1, 0.15) is 37.1 Å². The Morgan fingerprint density at radius 3 is 1.53 bits per heavy atom. The van der Waals surface area contributed by atoms with E-state index >= 15 is 0 Å². The average Bonchev–Trinajstić information content (AvgIpc) is 3.21. The Morgan fingerprint density at radius 1 is 0.733 bits per heavy atom. The molecule has 3 rings (SSSR count). The molecule has 0 unspecified atom stereocenters. The monoisotopic (exact) mass is 460 g/mol. The summed E-state index contributed by atoms with van der Waals surface area (Å²) in [7, 11) is -2.59. The molecule has 2 aromatic heterocycles. The summed E-state index contributed by atoms with van der Waals surface area (Å²) < 4.78 is 22.7. The van der Waals surface area contributed by atoms with Crippen LogP contribution in [0.5, 0.6) is 0 Å². The van der Waals surface area contributed by atoms with Crippen LogP contribution in [0.4, 0.5) is 0 Å². The van der Waals surface area contributed by atoms with Crippen LogP contribution in [0.3, 0.4) is 0 Å². The summed E-state index contributed by atoms with van der Waals surface area (Å²) in [6.07, 6.45) is 14.4. The first-order chi connectivity index (χ1) is 14.0. The molecule has 0 amide bonds. The fourth-order valence-electron chi connectivity index (χ4n) is 4.07. The van der Waals surface area contributed by atoms with Crippen molar-refractivity contribution in [2.24, 2.45) is 14.1 Å². The Balaban J connectivity index is 1.85. The van der Waals surface area contributed by atoms with Crippen LogP contribution in [0.1, 0.15) is 0 Å². The minimum absolute atomic E-state index is 0.905. The lowest BCUT2D eigenvalue weighted by atomic mass is 10.4. The maximum atomic E-state index is 7.05. The van der Waals surface area contributed by atoms with Crippen molar-refractivity contribution < 1.29 is 17.4 Å². The topological polar surface area (TPSA) is 36.1 Å². The smallest absolute Gasteiger partial charge is 0.348 e. The molecule has 0 atom stereocenters. The maximum Gasteiger partial charge on any atom is 0.348 e. The zero-order chi connectivity index (χ0) is 22.0. The van der Waals surface area contributed by atoms with Gasteiger partial charge in [0.25, 0.3) is 0 Å². The average molecular weight is 461 g/mol. The minimum Gasteiger partial charge on any atom is -0.430 e. The number of aromatic nitrogens is 4. The Morgan fingerprint density at radius 2 is 1.17 bits per heavy atom. The Hall–Kier alpha value is -1.79. The first-order valence-electron chi connectivity index (χ1n) is 10.4. The van der Waals surface area contributed by atoms with Crippen LogP contribution in [0.2, 0.25) is 32.7 Å². The fraction of sp³-hybridized carbons (Fsp3) is 0.429. The van der Waals surface area contributed by atoms with E-state index in [2.05, 4.69) is 119 Å². The molecular weight excluding hydrogens is 425 g/mol. The van der Waals surface area contributed by atoms with E-state index in [0.717, 1.165) is 12.3 Å². The van der Waals surface area contributed by atoms with Crippen LogP contribution in [0.25, 0.3) is 0 Å². The maximum absolute atomic E-state index is 7.05. The van der Waals surface area contributed by atoms with E-state index in [1.165, 1.54) is 5.19 Å². The summed E-state index contributed by atoms with van der Waals surface area (Å²) >= 11 is 0. The molecule has 0 aliphatic heterocycles. The number of nitrogens with zero attached hydrogens (tertiary/aromatic N) is 4. The third-order valence-electron chi connectivity index (χ3n) is 5.01. The standard InChI is InChI=1S/C21H36N4O2Si3/c1-22-13-15-24(17-22)19-28(3,4)26-30(7,21-11-9-8-10-12-21)27-29(5,6)20-25-16-14-23(2)18-25/h8-18H,19-20H2,1-7H3/q+2. The second-order valence-corrected chi connectivity index (χ2v) is 21.3. The molecular formula is C21H36N4O2Si3+2. The van der Waals surface area contributed by atoms with Gasteiger partial charge in [0.2, 0.25) is 29.3 Å². The van der Waals surface area contributed by atoms with Crippen LogP contribution in [0.15, 0.2) is 67.8 Å². The number of benzene rings is 1. The first-order valence-corrected chi connectivity index (χ1v) is 19.0. The van der Waals surface area contributed by atoms with E-state index in [9.17, 15) is 0 Å². The lowest BCUT2D eigenvalue weighted by Crippen LogP contribution is -2.63. The molecule has 0 radical (unpaired) electrons. The van der Waals surface area contributed by atoms with Crippen molar-refractivity contribution in [2.75, 3.05) is 0 Å². The predicted molar refractivity (Wildman–Crippen MR) is 126 cm³/mol. The largest absolute Gasteiger partial charge is 0.430 e. The Kier molecular flexibility index (Phi) is 6.68. The molecule has 0 fully saturated rings. The van der Waals surface area contributed by atoms with Crippen molar-refractivity contribution in [2.45, 2.75) is 45.1 Å². The van der Waals surface area contributed by atoms with Crippen LogP contribution in [-0.4, -0.2) is 34.3 Å². The molecule has 0 saturated carbocycles. The quantitative estimate of drug-likeness (QED) is 0.362. The highest BCUT2D eigenvalue weighted by Crippen LogP contribution is 2.23. The minimum atomic E-state index is -2.61. The van der Waals surface area contributed by atoms with Gasteiger partial charge in [-0.3, -0.25) is 0 Å². The first kappa shape index (κ1) is 22.9. The number of rotatable bonds is 9. The van der Waals surface area contributed by atoms with Gasteiger partial charge in [0.05, 0.1) is 14.1 Å². The highest BCUT2D eigenvalue weighted by molar-refractivity contribution is 6.94. The third-order valence-corrected chi connectivity index (χ3v) is 16.2. The number of aryl methyl sites for hydroxylation is 2. The predicted octanol–water partition coefficient (Wildman–Crippen LogP) is 2.14. The molecule has 0 saturated heterocycles. The van der Waals surface area contributed by atoms with Crippen LogP contribution < -0.4 is 14.3 Å². The summed E-state index contributed by atoms with van der Waals surface area (Å²) in [4.78, 5) is 0. The molecule has 3 aromatic rings. The Bertz CT molecular complexity index is 913. The third kappa shape index (κ3) is 6.11. The molecule has 162 valence electrons. The van der Waals surface area contributed by atoms with Crippen molar-refractivity contribution in [3.05, 3.63) is 67.8 Å². The molecule has 30 heavy (non-hydrogen) atoms. The summed E-state index contributed by atoms with van der Waals surface area (Å²) in [5.41, 5.74) is 0. The van der Waals surface area contributed by atoms with Crippen molar-refractivity contribution in [3.63, 3.8) is 0 Å². The highest BCUT2D eigenvalue weighted by Gasteiger charge is 2.46. The van der Waals surface area contributed by atoms with Crippen molar-refractivity contribution in [1.29, 1.82) is 0 Å². The summed E-state index contributed by atoms with van der Waals surface area (Å²) in [6, 6.07) is 10.6. The second kappa shape index (κ2) is 8.75. The van der Waals surface area contributed by atoms with Gasteiger partial charge >= 0.3 is 8.56 Å². The summed E-state index contributed by atoms with van der Waals surface area (Å²) in [6.45, 7) is 11.4. The van der Waals surface area contributed by atoms with Gasteiger partial charge in [0.15, 0.2) is 0 Å². The van der Waals surface area contributed by atoms with Gasteiger partial charge in [-0.2, -0.15) is 0 Å². The van der Waals surface area contributed by atoms with Crippen LogP contribution in [-0.2, 0) is 34.7 Å². The van der Waals surface area contributed by atoms with E-state index in [1.807, 2.05) is 14.1 Å². The Labute approximate surface area is 183 Å². The van der Waals surface area contributed by atoms with Gasteiger partial charge in [0, 0.05) is 0 Å². The molecule has 9 heteroatoms. The second-order valence-electron chi connectivity index (χ2n) is 9.54. The van der Waals surface area contributed by atoms with Crippen LogP contribution >= 0.6 is 0 Å². The summed E-state index contributed by atoms with van der Waals surface area (Å²) in [5, 5.41) is 1.21. The summed E-state index contributed by atoms with van der Waals surface area (Å²) in [5.74, 6) is 0. The number of hydrogen-bond acceptors (Lipinski definition) is 2. The van der Waals surface area contributed by atoms with E-state index in [0.29, 0.717) is 0 Å². The van der Waals surface area contributed by atoms with E-state index in [1.54, 1.807) is 0 Å². The SMILES string of the molecule is C[n+]1ccn(C[Si](C)(C)O[Si](C)(O[Si](C)(C)Cn2cc[n+](C)c2)c2ccccc2)c1. The lowest BCUT2D eigenvalue weighted by molar-refractivity contribution is -0.671. The molecule has 0 bridgehead atoms. The van der Waals surface area contributed by atoms with E-state index in [4.69, 9.17) is 8.23 Å². The van der Waals surface area contributed by atoms with E-state index in [-0.39, 0.29) is 0 Å². The van der Waals surface area contributed by atoms with Crippen molar-refractivity contribution in [3.8, 4) is 0 Å². The highest BCUT2D eigenvalue weighted by atomic mass is 28.5. The molecule has 0 N–H and O–H groups in total. The lowest BCUT2D eigenvalue weighted by Gasteiger charge is -2.39. The molecule has 0 aliphatic rings. The molecule has 0 aliphatic carbocycles. The van der Waals surface area contributed by atoms with Crippen molar-refractivity contribution >= 4 is 30.4 Å². The van der Waals surface area contributed by atoms with E-state index < -0.39 is 25.2 Å². The molecule has 2 heterocycles. The van der Waals surface area contributed by atoms with Gasteiger partial charge < -0.3 is 8.23 Å². The van der Waals surface area contributed by atoms with Gasteiger partial charge in [-0.1, -0.05) is 30.3 Å². The number of hydrogen-bond donors (Lipinski definition) is 0. The molecule has 1 aromatic carbocycles. The van der Waals surface area contributed by atoms with Gasteiger partial charge in [-0.05, 0) is 37.9 Å². The van der Waals surface area contributed by atoms with Gasteiger partial charge in [-0.25, -0.2) is 18.3 Å². The zero-order valence-corrected chi connectivity index (χ0v) is 22.4. The van der Waals surface area contributed by atoms with Crippen LogP contribution in [0, 0.1) is 0 Å². The normalized spacial score (nSPS) is 13.0.